The van der Waals surface area contributed by atoms with Gasteiger partial charge in [-0.2, -0.15) is 0 Å². The summed E-state index contributed by atoms with van der Waals surface area (Å²) in [5.41, 5.74) is 5.50. The molecule has 0 aliphatic heterocycles. The Hall–Kier alpha value is -3.93. The van der Waals surface area contributed by atoms with E-state index in [2.05, 4.69) is 26.9 Å². The fourth-order valence-corrected chi connectivity index (χ4v) is 4.76. The van der Waals surface area contributed by atoms with Crippen molar-refractivity contribution >= 4 is 28.0 Å². The fourth-order valence-electron chi connectivity index (χ4n) is 4.17. The zero-order valence-electron chi connectivity index (χ0n) is 20.7. The molecular weight excluding hydrogens is 474 g/mol. The van der Waals surface area contributed by atoms with E-state index in [1.807, 2.05) is 61.9 Å². The smallest absolute Gasteiger partial charge is 0.177 e. The number of aromatic amines is 1. The van der Waals surface area contributed by atoms with E-state index < -0.39 is 0 Å². The molecular formula is C28H27N3O4S. The Morgan fingerprint density at radius 2 is 1.83 bits per heavy atom. The molecule has 2 aromatic carbocycles. The lowest BCUT2D eigenvalue weighted by molar-refractivity contribution is 0.180. The quantitative estimate of drug-likeness (QED) is 0.184. The second kappa shape index (κ2) is 10.4. The number of likely N-dealkylation sites (N-methyl/N-ethyl adjacent to an activating group) is 1. The normalized spacial score (nSPS) is 12.9. The third-order valence-electron chi connectivity index (χ3n) is 5.89. The molecule has 0 saturated heterocycles. The monoisotopic (exact) mass is 501 g/mol. The van der Waals surface area contributed by atoms with Crippen LogP contribution in [0.2, 0.25) is 0 Å². The number of nitrogens with one attached hydrogen (secondary N) is 1. The van der Waals surface area contributed by atoms with Crippen molar-refractivity contribution in [2.75, 3.05) is 48.1 Å². The van der Waals surface area contributed by atoms with Crippen LogP contribution in [0.25, 0.3) is 22.2 Å². The molecule has 0 unspecified atom stereocenters. The largest absolute Gasteiger partial charge is 0.493 e. The number of fused-ring (bicyclic) bond motifs is 5. The summed E-state index contributed by atoms with van der Waals surface area (Å²) in [6, 6.07) is 13.9. The second-order valence-electron chi connectivity index (χ2n) is 8.48. The van der Waals surface area contributed by atoms with Crippen molar-refractivity contribution < 1.29 is 19.0 Å². The van der Waals surface area contributed by atoms with Crippen LogP contribution in [0, 0.1) is 11.8 Å². The minimum Gasteiger partial charge on any atom is -0.493 e. The number of ether oxygens (including phenoxy) is 3. The number of nitrogens with zero attached hydrogens (tertiary/aromatic N) is 2. The first kappa shape index (κ1) is 23.8. The Kier molecular flexibility index (Phi) is 6.85. The molecule has 1 aliphatic rings. The van der Waals surface area contributed by atoms with Crippen LogP contribution in [0.15, 0.2) is 53.0 Å². The lowest BCUT2D eigenvalue weighted by Crippen LogP contribution is -2.19. The van der Waals surface area contributed by atoms with Gasteiger partial charge in [0.05, 0.1) is 24.8 Å². The highest BCUT2D eigenvalue weighted by atomic mass is 32.1. The van der Waals surface area contributed by atoms with Gasteiger partial charge in [0.1, 0.15) is 18.1 Å². The standard InChI is InChI=1S/C28H27N3O4S/c1-31(2)11-13-34-18-9-10-23-22(15-18)26-27(29-23)20-16-24(32-3)25(33-4)17-21(20)28(26)30-35-12-5-7-19-8-6-14-36-19/h6,8-10,14-17,29H,11-13H2,1-4H3. The minimum atomic E-state index is 0.181. The van der Waals surface area contributed by atoms with Crippen LogP contribution in [0.5, 0.6) is 17.2 Å². The van der Waals surface area contributed by atoms with Gasteiger partial charge in [-0.25, -0.2) is 0 Å². The summed E-state index contributed by atoms with van der Waals surface area (Å²) >= 11 is 1.60. The van der Waals surface area contributed by atoms with Crippen LogP contribution < -0.4 is 14.2 Å². The topological polar surface area (TPSA) is 68.3 Å². The van der Waals surface area contributed by atoms with Crippen molar-refractivity contribution in [2.45, 2.75) is 0 Å². The summed E-state index contributed by atoms with van der Waals surface area (Å²) in [5, 5.41) is 7.55. The molecule has 4 aromatic rings. The SMILES string of the molecule is COc1cc2c(cc1OC)-c1[nH]c3ccc(OCCN(C)C)cc3c1C2=NOCC#Cc1cccs1. The van der Waals surface area contributed by atoms with Crippen LogP contribution >= 0.6 is 11.3 Å². The number of thiophene rings is 1. The van der Waals surface area contributed by atoms with E-state index in [0.717, 1.165) is 56.2 Å². The molecule has 0 saturated carbocycles. The van der Waals surface area contributed by atoms with Crippen molar-refractivity contribution in [3.63, 3.8) is 0 Å². The summed E-state index contributed by atoms with van der Waals surface area (Å²) < 4.78 is 17.1. The molecule has 1 N–H and O–H groups in total. The molecule has 0 spiro atoms. The number of aromatic nitrogens is 1. The highest BCUT2D eigenvalue weighted by Crippen LogP contribution is 2.45. The predicted octanol–water partition coefficient (Wildman–Crippen LogP) is 4.99. The van der Waals surface area contributed by atoms with Gasteiger partial charge in [-0.15, -0.1) is 11.3 Å². The fraction of sp³-hybridized carbons (Fsp3) is 0.250. The average Bonchev–Trinajstić information content (AvgIpc) is 3.59. The first-order chi connectivity index (χ1) is 17.6. The Morgan fingerprint density at radius 3 is 2.56 bits per heavy atom. The van der Waals surface area contributed by atoms with E-state index in [1.165, 1.54) is 0 Å². The number of hydrogen-bond acceptors (Lipinski definition) is 7. The molecule has 36 heavy (non-hydrogen) atoms. The molecule has 0 fully saturated rings. The molecule has 184 valence electrons. The Morgan fingerprint density at radius 1 is 1.03 bits per heavy atom. The summed E-state index contributed by atoms with van der Waals surface area (Å²) in [6.45, 7) is 1.62. The van der Waals surface area contributed by atoms with Crippen LogP contribution in [0.3, 0.4) is 0 Å². The molecule has 2 aromatic heterocycles. The molecule has 0 amide bonds. The van der Waals surface area contributed by atoms with Gasteiger partial charge in [0, 0.05) is 34.1 Å². The van der Waals surface area contributed by atoms with Gasteiger partial charge in [-0.05, 0) is 55.9 Å². The van der Waals surface area contributed by atoms with Crippen molar-refractivity contribution in [3.8, 4) is 40.3 Å². The van der Waals surface area contributed by atoms with Crippen LogP contribution in [0.1, 0.15) is 16.0 Å². The summed E-state index contributed by atoms with van der Waals surface area (Å²) in [6.07, 6.45) is 0. The van der Waals surface area contributed by atoms with Crippen molar-refractivity contribution in [1.29, 1.82) is 0 Å². The maximum Gasteiger partial charge on any atom is 0.177 e. The molecule has 2 heterocycles. The summed E-state index contributed by atoms with van der Waals surface area (Å²) in [4.78, 5) is 12.3. The van der Waals surface area contributed by atoms with Gasteiger partial charge in [0.2, 0.25) is 0 Å². The van der Waals surface area contributed by atoms with Crippen molar-refractivity contribution in [1.82, 2.24) is 9.88 Å². The maximum absolute atomic E-state index is 6.00. The predicted molar refractivity (Wildman–Crippen MR) is 144 cm³/mol. The lowest BCUT2D eigenvalue weighted by atomic mass is 10.1. The van der Waals surface area contributed by atoms with Gasteiger partial charge in [-0.3, -0.25) is 0 Å². The second-order valence-corrected chi connectivity index (χ2v) is 9.43. The molecule has 5 rings (SSSR count). The van der Waals surface area contributed by atoms with E-state index in [9.17, 15) is 0 Å². The highest BCUT2D eigenvalue weighted by molar-refractivity contribution is 7.10. The molecule has 0 radical (unpaired) electrons. The van der Waals surface area contributed by atoms with Gasteiger partial charge in [0.25, 0.3) is 0 Å². The van der Waals surface area contributed by atoms with Gasteiger partial charge in [0.15, 0.2) is 18.1 Å². The first-order valence-electron chi connectivity index (χ1n) is 11.5. The molecule has 1 aliphatic carbocycles. The summed E-state index contributed by atoms with van der Waals surface area (Å²) in [5.74, 6) is 8.20. The molecule has 8 heteroatoms. The Bertz CT molecular complexity index is 1480. The first-order valence-corrected chi connectivity index (χ1v) is 12.4. The zero-order chi connectivity index (χ0) is 25.1. The van der Waals surface area contributed by atoms with E-state index in [0.29, 0.717) is 18.1 Å². The Balaban J connectivity index is 1.54. The molecule has 0 bridgehead atoms. The number of oxime groups is 1. The number of hydrogen-bond donors (Lipinski definition) is 1. The van der Waals surface area contributed by atoms with Crippen LogP contribution in [-0.2, 0) is 4.84 Å². The molecule has 7 nitrogen and oxygen atoms in total. The van der Waals surface area contributed by atoms with Gasteiger partial charge >= 0.3 is 0 Å². The van der Waals surface area contributed by atoms with Crippen LogP contribution in [-0.4, -0.2) is 63.7 Å². The van der Waals surface area contributed by atoms with Crippen molar-refractivity contribution in [2.24, 2.45) is 5.16 Å². The van der Waals surface area contributed by atoms with Crippen LogP contribution in [0.4, 0.5) is 0 Å². The van der Waals surface area contributed by atoms with E-state index in [1.54, 1.807) is 25.6 Å². The molecule has 0 atom stereocenters. The van der Waals surface area contributed by atoms with E-state index in [-0.39, 0.29) is 6.61 Å². The van der Waals surface area contributed by atoms with Crippen molar-refractivity contribution in [3.05, 3.63) is 63.8 Å². The number of H-pyrrole nitrogens is 1. The third kappa shape index (κ3) is 4.63. The third-order valence-corrected chi connectivity index (χ3v) is 6.67. The van der Waals surface area contributed by atoms with E-state index in [4.69, 9.17) is 19.0 Å². The highest BCUT2D eigenvalue weighted by Gasteiger charge is 2.32. The lowest BCUT2D eigenvalue weighted by Gasteiger charge is -2.12. The van der Waals surface area contributed by atoms with Gasteiger partial charge < -0.3 is 28.9 Å². The van der Waals surface area contributed by atoms with Gasteiger partial charge in [-0.1, -0.05) is 23.1 Å². The van der Waals surface area contributed by atoms with E-state index >= 15 is 0 Å². The Labute approximate surface area is 214 Å². The summed E-state index contributed by atoms with van der Waals surface area (Å²) in [7, 11) is 7.31. The maximum atomic E-state index is 6.00. The zero-order valence-corrected chi connectivity index (χ0v) is 21.5. The number of rotatable bonds is 8. The number of methoxy groups -OCH3 is 2. The number of benzene rings is 2. The average molecular weight is 502 g/mol. The minimum absolute atomic E-state index is 0.181.